The van der Waals surface area contributed by atoms with E-state index in [1.807, 2.05) is 17.5 Å². The Morgan fingerprint density at radius 3 is 2.94 bits per heavy atom. The lowest BCUT2D eigenvalue weighted by Crippen LogP contribution is -1.95. The van der Waals surface area contributed by atoms with E-state index < -0.39 is 0 Å². The zero-order valence-electron chi connectivity index (χ0n) is 8.61. The van der Waals surface area contributed by atoms with Crippen LogP contribution in [0, 0.1) is 11.3 Å². The van der Waals surface area contributed by atoms with Crippen molar-refractivity contribution in [3.05, 3.63) is 49.6 Å². The van der Waals surface area contributed by atoms with Crippen molar-refractivity contribution in [3.63, 3.8) is 0 Å². The summed E-state index contributed by atoms with van der Waals surface area (Å²) in [6.07, 6.45) is 0. The summed E-state index contributed by atoms with van der Waals surface area (Å²) < 4.78 is 6.63. The van der Waals surface area contributed by atoms with Crippen molar-refractivity contribution in [1.29, 1.82) is 5.26 Å². The summed E-state index contributed by atoms with van der Waals surface area (Å²) in [4.78, 5) is 1.08. The summed E-state index contributed by atoms with van der Waals surface area (Å²) >= 11 is 10.9. The Balaban J connectivity index is 2.14. The number of halogens is 2. The highest BCUT2D eigenvalue weighted by atomic mass is 79.9. The van der Waals surface area contributed by atoms with Gasteiger partial charge in [-0.3, -0.25) is 0 Å². The van der Waals surface area contributed by atoms with Crippen LogP contribution in [-0.2, 0) is 6.61 Å². The average molecular weight is 329 g/mol. The lowest BCUT2D eigenvalue weighted by molar-refractivity contribution is 0.309. The molecule has 0 spiro atoms. The number of nitriles is 1. The van der Waals surface area contributed by atoms with Crippen LogP contribution in [0.3, 0.4) is 0 Å². The molecule has 2 aromatic rings. The Hall–Kier alpha value is -1.02. The minimum Gasteiger partial charge on any atom is -0.487 e. The van der Waals surface area contributed by atoms with Gasteiger partial charge in [0.1, 0.15) is 24.0 Å². The van der Waals surface area contributed by atoms with Gasteiger partial charge in [0.25, 0.3) is 0 Å². The van der Waals surface area contributed by atoms with Gasteiger partial charge in [0.2, 0.25) is 0 Å². The summed E-state index contributed by atoms with van der Waals surface area (Å²) in [6.45, 7) is 0.436. The van der Waals surface area contributed by atoms with Crippen molar-refractivity contribution in [2.45, 2.75) is 6.61 Å². The van der Waals surface area contributed by atoms with Crippen molar-refractivity contribution in [3.8, 4) is 11.8 Å². The Labute approximate surface area is 117 Å². The maximum absolute atomic E-state index is 8.98. The molecule has 2 rings (SSSR count). The second kappa shape index (κ2) is 5.54. The fraction of sp³-hybridized carbons (Fsp3) is 0.0833. The molecule has 0 atom stereocenters. The van der Waals surface area contributed by atoms with E-state index in [1.165, 1.54) is 0 Å². The van der Waals surface area contributed by atoms with Gasteiger partial charge < -0.3 is 4.74 Å². The van der Waals surface area contributed by atoms with Crippen LogP contribution in [-0.4, -0.2) is 0 Å². The molecule has 5 heteroatoms. The van der Waals surface area contributed by atoms with Crippen LogP contribution >= 0.6 is 38.9 Å². The molecule has 0 unspecified atom stereocenters. The molecule has 0 saturated heterocycles. The van der Waals surface area contributed by atoms with Crippen molar-refractivity contribution in [2.24, 2.45) is 0 Å². The highest BCUT2D eigenvalue weighted by Gasteiger charge is 2.08. The largest absolute Gasteiger partial charge is 0.487 e. The molecule has 86 valence electrons. The molecular weight excluding hydrogens is 322 g/mol. The number of hydrogen-bond acceptors (Lipinski definition) is 3. The van der Waals surface area contributed by atoms with E-state index >= 15 is 0 Å². The predicted molar refractivity (Wildman–Crippen MR) is 72.5 cm³/mol. The number of nitrogens with zero attached hydrogens (tertiary/aromatic N) is 1. The Morgan fingerprint density at radius 2 is 2.29 bits per heavy atom. The third-order valence-corrected chi connectivity index (χ3v) is 4.06. The molecule has 17 heavy (non-hydrogen) atoms. The SMILES string of the molecule is N#Cc1c(Cl)cccc1OCc1cc(Br)cs1. The summed E-state index contributed by atoms with van der Waals surface area (Å²) in [5.41, 5.74) is 0.379. The molecule has 0 aliphatic carbocycles. The number of hydrogen-bond donors (Lipinski definition) is 0. The summed E-state index contributed by atoms with van der Waals surface area (Å²) in [5, 5.41) is 11.4. The van der Waals surface area contributed by atoms with Crippen molar-refractivity contribution < 1.29 is 4.74 Å². The molecule has 0 fully saturated rings. The quantitative estimate of drug-likeness (QED) is 0.824. The molecule has 0 aliphatic heterocycles. The second-order valence-corrected chi connectivity index (χ2v) is 5.56. The first-order chi connectivity index (χ1) is 8.20. The van der Waals surface area contributed by atoms with Gasteiger partial charge in [-0.25, -0.2) is 0 Å². The fourth-order valence-corrected chi connectivity index (χ4v) is 2.88. The van der Waals surface area contributed by atoms with Gasteiger partial charge in [-0.05, 0) is 34.1 Å². The molecule has 0 aliphatic rings. The maximum atomic E-state index is 8.98. The molecule has 0 bridgehead atoms. The van der Waals surface area contributed by atoms with Gasteiger partial charge in [0, 0.05) is 14.7 Å². The smallest absolute Gasteiger partial charge is 0.139 e. The molecule has 1 aromatic heterocycles. The van der Waals surface area contributed by atoms with Gasteiger partial charge in [0.15, 0.2) is 0 Å². The minimum absolute atomic E-state index is 0.379. The lowest BCUT2D eigenvalue weighted by atomic mass is 10.2. The zero-order chi connectivity index (χ0) is 12.3. The van der Waals surface area contributed by atoms with Crippen molar-refractivity contribution >= 4 is 38.9 Å². The second-order valence-electron chi connectivity index (χ2n) is 3.24. The summed E-state index contributed by atoms with van der Waals surface area (Å²) in [6, 6.07) is 9.22. The molecule has 0 saturated carbocycles. The summed E-state index contributed by atoms with van der Waals surface area (Å²) in [7, 11) is 0. The third kappa shape index (κ3) is 3.01. The molecule has 0 N–H and O–H groups in total. The standard InChI is InChI=1S/C12H7BrClNOS/c13-8-4-9(17-7-8)6-16-12-3-1-2-11(14)10(12)5-15/h1-4,7H,6H2. The molecule has 1 aromatic carbocycles. The minimum atomic E-state index is 0.379. The van der Waals surface area contributed by atoms with Crippen molar-refractivity contribution in [2.75, 3.05) is 0 Å². The van der Waals surface area contributed by atoms with Gasteiger partial charge in [-0.2, -0.15) is 5.26 Å². The van der Waals surface area contributed by atoms with Crippen LogP contribution in [0.15, 0.2) is 34.1 Å². The highest BCUT2D eigenvalue weighted by molar-refractivity contribution is 9.10. The van der Waals surface area contributed by atoms with Crippen LogP contribution in [0.4, 0.5) is 0 Å². The lowest BCUT2D eigenvalue weighted by Gasteiger charge is -2.07. The number of benzene rings is 1. The molecular formula is C12H7BrClNOS. The van der Waals surface area contributed by atoms with E-state index in [1.54, 1.807) is 29.5 Å². The van der Waals surface area contributed by atoms with E-state index in [0.29, 0.717) is 22.9 Å². The van der Waals surface area contributed by atoms with E-state index in [-0.39, 0.29) is 0 Å². The average Bonchev–Trinajstić information content (AvgIpc) is 2.72. The number of rotatable bonds is 3. The van der Waals surface area contributed by atoms with E-state index in [4.69, 9.17) is 21.6 Å². The molecule has 0 amide bonds. The van der Waals surface area contributed by atoms with E-state index in [0.717, 1.165) is 9.35 Å². The topological polar surface area (TPSA) is 33.0 Å². The molecule has 2 nitrogen and oxygen atoms in total. The molecule has 1 heterocycles. The Kier molecular flexibility index (Phi) is 4.06. The predicted octanol–water partition coefficient (Wildman–Crippen LogP) is 4.61. The third-order valence-electron chi connectivity index (χ3n) is 2.08. The summed E-state index contributed by atoms with van der Waals surface area (Å²) in [5.74, 6) is 0.518. The fourth-order valence-electron chi connectivity index (χ4n) is 1.31. The number of ether oxygens (including phenoxy) is 1. The first-order valence-corrected chi connectivity index (χ1v) is 6.80. The normalized spacial score (nSPS) is 9.94. The van der Waals surface area contributed by atoms with Gasteiger partial charge in [0.05, 0.1) is 5.02 Å². The first-order valence-electron chi connectivity index (χ1n) is 4.75. The molecule has 0 radical (unpaired) electrons. The van der Waals surface area contributed by atoms with Crippen LogP contribution in [0.5, 0.6) is 5.75 Å². The van der Waals surface area contributed by atoms with Crippen LogP contribution in [0.1, 0.15) is 10.4 Å². The highest BCUT2D eigenvalue weighted by Crippen LogP contribution is 2.27. The number of thiophene rings is 1. The van der Waals surface area contributed by atoms with Crippen molar-refractivity contribution in [1.82, 2.24) is 0 Å². The Bertz CT molecular complexity index is 576. The maximum Gasteiger partial charge on any atom is 0.139 e. The Morgan fingerprint density at radius 1 is 1.47 bits per heavy atom. The van der Waals surface area contributed by atoms with Gasteiger partial charge >= 0.3 is 0 Å². The van der Waals surface area contributed by atoms with Gasteiger partial charge in [-0.15, -0.1) is 11.3 Å². The van der Waals surface area contributed by atoms with Gasteiger partial charge in [-0.1, -0.05) is 17.7 Å². The first kappa shape index (κ1) is 12.4. The van der Waals surface area contributed by atoms with Crippen LogP contribution < -0.4 is 4.74 Å². The zero-order valence-corrected chi connectivity index (χ0v) is 11.8. The van der Waals surface area contributed by atoms with Crippen LogP contribution in [0.2, 0.25) is 5.02 Å². The van der Waals surface area contributed by atoms with Crippen LogP contribution in [0.25, 0.3) is 0 Å². The van der Waals surface area contributed by atoms with E-state index in [9.17, 15) is 0 Å². The monoisotopic (exact) mass is 327 g/mol. The van der Waals surface area contributed by atoms with E-state index in [2.05, 4.69) is 15.9 Å².